The van der Waals surface area contributed by atoms with Crippen molar-refractivity contribution in [1.29, 1.82) is 0 Å². The van der Waals surface area contributed by atoms with Gasteiger partial charge in [-0.3, -0.25) is 4.79 Å². The molecule has 5 rings (SSSR count). The summed E-state index contributed by atoms with van der Waals surface area (Å²) in [5, 5.41) is 7.64. The van der Waals surface area contributed by atoms with Crippen LogP contribution in [0.3, 0.4) is 0 Å². The fourth-order valence-corrected chi connectivity index (χ4v) is 6.17. The number of fused-ring (bicyclic) bond motifs is 2. The molecule has 3 aliphatic rings. The Morgan fingerprint density at radius 1 is 1.25 bits per heavy atom. The van der Waals surface area contributed by atoms with Gasteiger partial charge < -0.3 is 9.30 Å². The Labute approximate surface area is 191 Å². The molecule has 1 saturated heterocycles. The van der Waals surface area contributed by atoms with E-state index >= 15 is 0 Å². The summed E-state index contributed by atoms with van der Waals surface area (Å²) in [7, 11) is 2.65. The van der Waals surface area contributed by atoms with Gasteiger partial charge in [0, 0.05) is 24.4 Å². The SMILES string of the molecule is CCC(C)c1cc(C2=CC(=O)N3N=C(C4CCN(C)CC4)C=CC3P2)cn2cc(C)nc12. The first-order valence-corrected chi connectivity index (χ1v) is 12.8. The smallest absolute Gasteiger partial charge is 0.268 e. The molecule has 2 aromatic heterocycles. The van der Waals surface area contributed by atoms with E-state index in [0.717, 1.165) is 60.3 Å². The van der Waals surface area contributed by atoms with Gasteiger partial charge in [0.2, 0.25) is 0 Å². The Hall–Kier alpha value is -2.30. The summed E-state index contributed by atoms with van der Waals surface area (Å²) in [6.07, 6.45) is 13.6. The van der Waals surface area contributed by atoms with E-state index in [-0.39, 0.29) is 11.7 Å². The lowest BCUT2D eigenvalue weighted by molar-refractivity contribution is -0.126. The van der Waals surface area contributed by atoms with Crippen LogP contribution in [-0.2, 0) is 4.79 Å². The molecule has 0 spiro atoms. The van der Waals surface area contributed by atoms with Gasteiger partial charge in [-0.15, -0.1) is 0 Å². The van der Waals surface area contributed by atoms with Gasteiger partial charge in [0.1, 0.15) is 5.65 Å². The van der Waals surface area contributed by atoms with Crippen molar-refractivity contribution in [3.8, 4) is 0 Å². The maximum Gasteiger partial charge on any atom is 0.268 e. The second kappa shape index (κ2) is 8.57. The molecular formula is C25H32N5OP. The third-order valence-corrected chi connectivity index (χ3v) is 8.50. The van der Waals surface area contributed by atoms with E-state index < -0.39 is 0 Å². The number of pyridine rings is 1. The average molecular weight is 450 g/mol. The number of piperidine rings is 1. The standard InChI is InChI=1S/C25H32N5OP/c1-5-16(2)20-12-19(15-29-14-17(3)26-25(20)29)22-13-23(31)30-24(32-22)7-6-21(27-30)18-8-10-28(4)11-9-18/h6-7,12-16,18,24,32H,5,8-11H2,1-4H3. The fourth-order valence-electron chi connectivity index (χ4n) is 4.84. The zero-order valence-corrected chi connectivity index (χ0v) is 20.4. The predicted octanol–water partition coefficient (Wildman–Crippen LogP) is 4.61. The summed E-state index contributed by atoms with van der Waals surface area (Å²) in [5.74, 6) is 0.875. The number of hydrazone groups is 1. The maximum atomic E-state index is 13.1. The molecule has 1 fully saturated rings. The summed E-state index contributed by atoms with van der Waals surface area (Å²) in [5.41, 5.74) is 5.48. The van der Waals surface area contributed by atoms with Crippen LogP contribution in [0.1, 0.15) is 55.8 Å². The number of nitrogens with zero attached hydrogens (tertiary/aromatic N) is 5. The number of imidazole rings is 1. The predicted molar refractivity (Wildman–Crippen MR) is 132 cm³/mol. The molecule has 0 saturated carbocycles. The van der Waals surface area contributed by atoms with Crippen molar-refractivity contribution in [2.45, 2.75) is 51.7 Å². The topological polar surface area (TPSA) is 53.2 Å². The van der Waals surface area contributed by atoms with Gasteiger partial charge in [-0.05, 0) is 80.8 Å². The number of aromatic nitrogens is 2. The number of rotatable bonds is 4. The average Bonchev–Trinajstić information content (AvgIpc) is 3.18. The Kier molecular flexibility index (Phi) is 5.77. The third-order valence-electron chi connectivity index (χ3n) is 7.02. The molecule has 5 heterocycles. The van der Waals surface area contributed by atoms with Crippen LogP contribution in [0.25, 0.3) is 11.0 Å². The van der Waals surface area contributed by atoms with Crippen LogP contribution in [0.15, 0.2) is 41.8 Å². The highest BCUT2D eigenvalue weighted by atomic mass is 31.1. The summed E-state index contributed by atoms with van der Waals surface area (Å²) in [6.45, 7) is 8.67. The summed E-state index contributed by atoms with van der Waals surface area (Å²) in [4.78, 5) is 20.2. The number of hydrogen-bond acceptors (Lipinski definition) is 4. The second-order valence-electron chi connectivity index (χ2n) is 9.40. The molecule has 7 heteroatoms. The van der Waals surface area contributed by atoms with Crippen molar-refractivity contribution in [2.75, 3.05) is 20.1 Å². The van der Waals surface area contributed by atoms with E-state index in [1.807, 2.05) is 6.92 Å². The van der Waals surface area contributed by atoms with Crippen LogP contribution in [-0.4, -0.2) is 56.8 Å². The van der Waals surface area contributed by atoms with E-state index in [4.69, 9.17) is 10.1 Å². The van der Waals surface area contributed by atoms with Crippen molar-refractivity contribution in [1.82, 2.24) is 19.3 Å². The summed E-state index contributed by atoms with van der Waals surface area (Å²) >= 11 is 0. The minimum Gasteiger partial charge on any atom is -0.306 e. The van der Waals surface area contributed by atoms with Crippen LogP contribution in [0, 0.1) is 12.8 Å². The van der Waals surface area contributed by atoms with Gasteiger partial charge in [0.05, 0.1) is 17.2 Å². The van der Waals surface area contributed by atoms with Crippen molar-refractivity contribution >= 4 is 31.2 Å². The Morgan fingerprint density at radius 3 is 2.78 bits per heavy atom. The molecule has 32 heavy (non-hydrogen) atoms. The molecule has 1 amide bonds. The Balaban J connectivity index is 1.45. The molecule has 0 aliphatic carbocycles. The van der Waals surface area contributed by atoms with Crippen LogP contribution in [0.2, 0.25) is 0 Å². The van der Waals surface area contributed by atoms with Crippen molar-refractivity contribution in [3.05, 3.63) is 53.5 Å². The second-order valence-corrected chi connectivity index (χ2v) is 10.8. The molecule has 3 atom stereocenters. The van der Waals surface area contributed by atoms with Gasteiger partial charge in [-0.1, -0.05) is 28.5 Å². The van der Waals surface area contributed by atoms with Crippen molar-refractivity contribution in [2.24, 2.45) is 11.0 Å². The molecule has 0 aromatic carbocycles. The van der Waals surface area contributed by atoms with E-state index in [0.29, 0.717) is 20.4 Å². The van der Waals surface area contributed by atoms with Crippen LogP contribution in [0.4, 0.5) is 0 Å². The molecule has 3 aliphatic heterocycles. The lowest BCUT2D eigenvalue weighted by Gasteiger charge is -2.35. The summed E-state index contributed by atoms with van der Waals surface area (Å²) in [6, 6.07) is 2.25. The summed E-state index contributed by atoms with van der Waals surface area (Å²) < 4.78 is 2.13. The lowest BCUT2D eigenvalue weighted by atomic mass is 9.91. The first-order valence-electron chi connectivity index (χ1n) is 11.7. The fraction of sp³-hybridized carbons (Fsp3) is 0.480. The van der Waals surface area contributed by atoms with Crippen LogP contribution in [0.5, 0.6) is 0 Å². The highest BCUT2D eigenvalue weighted by Gasteiger charge is 2.32. The van der Waals surface area contributed by atoms with Crippen molar-refractivity contribution < 1.29 is 4.79 Å². The highest BCUT2D eigenvalue weighted by molar-refractivity contribution is 7.51. The zero-order chi connectivity index (χ0) is 22.4. The number of amides is 1. The number of carbonyl (C=O) groups is 1. The van der Waals surface area contributed by atoms with Gasteiger partial charge in [0.15, 0.2) is 0 Å². The molecular weight excluding hydrogens is 417 g/mol. The molecule has 0 radical (unpaired) electrons. The molecule has 168 valence electrons. The molecule has 2 aromatic rings. The normalized spacial score (nSPS) is 24.1. The van der Waals surface area contributed by atoms with Gasteiger partial charge in [-0.2, -0.15) is 5.10 Å². The number of carbonyl (C=O) groups excluding carboxylic acids is 1. The minimum atomic E-state index is -0.00877. The first-order chi connectivity index (χ1) is 15.4. The van der Waals surface area contributed by atoms with E-state index in [1.165, 1.54) is 5.56 Å². The van der Waals surface area contributed by atoms with Gasteiger partial charge in [-0.25, -0.2) is 9.99 Å². The lowest BCUT2D eigenvalue weighted by Crippen LogP contribution is -2.40. The quantitative estimate of drug-likeness (QED) is 0.641. The number of likely N-dealkylation sites (tertiary alicyclic amines) is 1. The highest BCUT2D eigenvalue weighted by Crippen LogP contribution is 2.45. The van der Waals surface area contributed by atoms with Crippen LogP contribution < -0.4 is 0 Å². The van der Waals surface area contributed by atoms with Crippen molar-refractivity contribution in [3.63, 3.8) is 0 Å². The number of hydrogen-bond donors (Lipinski definition) is 0. The largest absolute Gasteiger partial charge is 0.306 e. The zero-order valence-electron chi connectivity index (χ0n) is 19.4. The number of aryl methyl sites for hydroxylation is 1. The minimum absolute atomic E-state index is 0.00877. The monoisotopic (exact) mass is 449 g/mol. The Bertz CT molecular complexity index is 1140. The first kappa shape index (κ1) is 21.5. The molecule has 0 N–H and O–H groups in total. The maximum absolute atomic E-state index is 13.1. The molecule has 0 bridgehead atoms. The Morgan fingerprint density at radius 2 is 2.03 bits per heavy atom. The number of allylic oxidation sites excluding steroid dienone is 1. The van der Waals surface area contributed by atoms with E-state index in [1.54, 1.807) is 11.1 Å². The van der Waals surface area contributed by atoms with Crippen LogP contribution >= 0.6 is 8.58 Å². The van der Waals surface area contributed by atoms with E-state index in [9.17, 15) is 4.79 Å². The third kappa shape index (κ3) is 3.95. The molecule has 3 unspecified atom stereocenters. The van der Waals surface area contributed by atoms with E-state index in [2.05, 4.69) is 60.8 Å². The van der Waals surface area contributed by atoms with Gasteiger partial charge in [0.25, 0.3) is 5.91 Å². The van der Waals surface area contributed by atoms with Gasteiger partial charge >= 0.3 is 0 Å². The molecule has 6 nitrogen and oxygen atoms in total.